The molecule has 0 unspecified atom stereocenters. The Hall–Kier alpha value is -1.59. The highest BCUT2D eigenvalue weighted by Gasteiger charge is 2.49. The van der Waals surface area contributed by atoms with Crippen molar-refractivity contribution in [1.82, 2.24) is 4.90 Å². The van der Waals surface area contributed by atoms with Gasteiger partial charge in [0.15, 0.2) is 0 Å². The number of ether oxygens (including phenoxy) is 2. The molecule has 3 rings (SSSR count). The standard InChI is InChI=1S/C19H27NO4/c1-2-3-9-24-17-7-5-4-6-16(17)18(22)20-11-15-8-10-23-14-19(15,12-20)13-21/h4-7,15,21H,2-3,8-14H2,1H3/t15-,19+/m0/s1. The lowest BCUT2D eigenvalue weighted by molar-refractivity contribution is -0.0557. The maximum atomic E-state index is 13.0. The molecule has 5 nitrogen and oxygen atoms in total. The SMILES string of the molecule is CCCCOc1ccccc1C(=O)N1C[C@@H]2CCOC[C@]2(CO)C1. The van der Waals surface area contributed by atoms with Gasteiger partial charge in [0.2, 0.25) is 0 Å². The largest absolute Gasteiger partial charge is 0.493 e. The van der Waals surface area contributed by atoms with E-state index in [-0.39, 0.29) is 17.9 Å². The molecular weight excluding hydrogens is 306 g/mol. The van der Waals surface area contributed by atoms with Gasteiger partial charge >= 0.3 is 0 Å². The molecule has 2 fully saturated rings. The van der Waals surface area contributed by atoms with Crippen LogP contribution in [-0.4, -0.2) is 55.4 Å². The number of para-hydroxylation sites is 1. The van der Waals surface area contributed by atoms with Crippen molar-refractivity contribution in [3.63, 3.8) is 0 Å². The first-order chi connectivity index (χ1) is 11.7. The van der Waals surface area contributed by atoms with Crippen molar-refractivity contribution >= 4 is 5.91 Å². The average molecular weight is 333 g/mol. The zero-order valence-electron chi connectivity index (χ0n) is 14.4. The van der Waals surface area contributed by atoms with E-state index in [9.17, 15) is 9.90 Å². The number of rotatable bonds is 6. The van der Waals surface area contributed by atoms with Gasteiger partial charge in [-0.15, -0.1) is 0 Å². The molecule has 2 atom stereocenters. The lowest BCUT2D eigenvalue weighted by Crippen LogP contribution is -2.43. The van der Waals surface area contributed by atoms with Crippen LogP contribution in [0.5, 0.6) is 5.75 Å². The number of fused-ring (bicyclic) bond motifs is 1. The van der Waals surface area contributed by atoms with Crippen LogP contribution < -0.4 is 4.74 Å². The molecule has 0 bridgehead atoms. The number of aliphatic hydroxyl groups excluding tert-OH is 1. The second-order valence-corrected chi connectivity index (χ2v) is 6.94. The van der Waals surface area contributed by atoms with Crippen LogP contribution in [0.15, 0.2) is 24.3 Å². The zero-order valence-corrected chi connectivity index (χ0v) is 14.4. The van der Waals surface area contributed by atoms with Crippen LogP contribution >= 0.6 is 0 Å². The molecule has 0 aliphatic carbocycles. The summed E-state index contributed by atoms with van der Waals surface area (Å²) >= 11 is 0. The Kier molecular flexibility index (Phi) is 5.41. The highest BCUT2D eigenvalue weighted by molar-refractivity contribution is 5.97. The number of hydrogen-bond donors (Lipinski definition) is 1. The summed E-state index contributed by atoms with van der Waals surface area (Å²) in [6.07, 6.45) is 2.93. The number of aliphatic hydroxyl groups is 1. The molecule has 0 radical (unpaired) electrons. The molecule has 0 aromatic heterocycles. The predicted molar refractivity (Wildman–Crippen MR) is 91.2 cm³/mol. The van der Waals surface area contributed by atoms with Gasteiger partial charge in [0.25, 0.3) is 5.91 Å². The van der Waals surface area contributed by atoms with E-state index in [1.165, 1.54) is 0 Å². The maximum absolute atomic E-state index is 13.0. The van der Waals surface area contributed by atoms with Gasteiger partial charge in [0.05, 0.1) is 25.4 Å². The van der Waals surface area contributed by atoms with E-state index in [0.29, 0.717) is 50.1 Å². The number of likely N-dealkylation sites (tertiary alicyclic amines) is 1. The molecule has 5 heteroatoms. The number of carbonyl (C=O) groups excluding carboxylic acids is 1. The molecule has 0 saturated carbocycles. The first-order valence-electron chi connectivity index (χ1n) is 8.90. The summed E-state index contributed by atoms with van der Waals surface area (Å²) in [7, 11) is 0. The first-order valence-corrected chi connectivity index (χ1v) is 8.90. The van der Waals surface area contributed by atoms with Crippen molar-refractivity contribution in [3.8, 4) is 5.75 Å². The van der Waals surface area contributed by atoms with Crippen LogP contribution in [-0.2, 0) is 4.74 Å². The molecular formula is C19H27NO4. The number of amides is 1. The van der Waals surface area contributed by atoms with Gasteiger partial charge in [-0.1, -0.05) is 25.5 Å². The number of hydrogen-bond acceptors (Lipinski definition) is 4. The molecule has 24 heavy (non-hydrogen) atoms. The molecule has 1 aromatic carbocycles. The number of benzene rings is 1. The Morgan fingerprint density at radius 3 is 3.04 bits per heavy atom. The van der Waals surface area contributed by atoms with Crippen molar-refractivity contribution in [3.05, 3.63) is 29.8 Å². The molecule has 1 aromatic rings. The van der Waals surface area contributed by atoms with E-state index in [2.05, 4.69) is 6.92 Å². The fraction of sp³-hybridized carbons (Fsp3) is 0.632. The molecule has 2 aliphatic heterocycles. The number of unbranched alkanes of at least 4 members (excludes halogenated alkanes) is 1. The van der Waals surface area contributed by atoms with Crippen LogP contribution in [0.1, 0.15) is 36.5 Å². The smallest absolute Gasteiger partial charge is 0.257 e. The van der Waals surface area contributed by atoms with Gasteiger partial charge in [0, 0.05) is 25.1 Å². The predicted octanol–water partition coefficient (Wildman–Crippen LogP) is 2.34. The van der Waals surface area contributed by atoms with Crippen molar-refractivity contribution < 1.29 is 19.4 Å². The molecule has 2 aliphatic rings. The third kappa shape index (κ3) is 3.28. The highest BCUT2D eigenvalue weighted by Crippen LogP contribution is 2.41. The number of nitrogens with zero attached hydrogens (tertiary/aromatic N) is 1. The molecule has 2 heterocycles. The Balaban J connectivity index is 1.75. The third-order valence-corrected chi connectivity index (χ3v) is 5.29. The first kappa shape index (κ1) is 17.2. The fourth-order valence-electron chi connectivity index (χ4n) is 3.74. The summed E-state index contributed by atoms with van der Waals surface area (Å²) in [6.45, 7) is 5.29. The second kappa shape index (κ2) is 7.53. The fourth-order valence-corrected chi connectivity index (χ4v) is 3.74. The van der Waals surface area contributed by atoms with Crippen molar-refractivity contribution in [2.75, 3.05) is 39.5 Å². The lowest BCUT2D eigenvalue weighted by atomic mass is 9.76. The molecule has 0 spiro atoms. The van der Waals surface area contributed by atoms with E-state index < -0.39 is 0 Å². The van der Waals surface area contributed by atoms with Gasteiger partial charge in [-0.05, 0) is 30.9 Å². The topological polar surface area (TPSA) is 59.0 Å². The third-order valence-electron chi connectivity index (χ3n) is 5.29. The summed E-state index contributed by atoms with van der Waals surface area (Å²) in [6, 6.07) is 7.45. The molecule has 2 saturated heterocycles. The van der Waals surface area contributed by atoms with Crippen LogP contribution in [0, 0.1) is 11.3 Å². The van der Waals surface area contributed by atoms with Crippen molar-refractivity contribution in [1.29, 1.82) is 0 Å². The summed E-state index contributed by atoms with van der Waals surface area (Å²) in [5.41, 5.74) is 0.313. The van der Waals surface area contributed by atoms with Crippen LogP contribution in [0.4, 0.5) is 0 Å². The Bertz CT molecular complexity index is 576. The summed E-state index contributed by atoms with van der Waals surface area (Å²) < 4.78 is 11.4. The Morgan fingerprint density at radius 1 is 1.46 bits per heavy atom. The minimum Gasteiger partial charge on any atom is -0.493 e. The Morgan fingerprint density at radius 2 is 2.29 bits per heavy atom. The van der Waals surface area contributed by atoms with Crippen molar-refractivity contribution in [2.24, 2.45) is 11.3 Å². The van der Waals surface area contributed by atoms with Crippen LogP contribution in [0.3, 0.4) is 0 Å². The monoisotopic (exact) mass is 333 g/mol. The van der Waals surface area contributed by atoms with E-state index in [0.717, 1.165) is 19.3 Å². The summed E-state index contributed by atoms with van der Waals surface area (Å²) in [4.78, 5) is 14.9. The van der Waals surface area contributed by atoms with Gasteiger partial charge in [0.1, 0.15) is 5.75 Å². The van der Waals surface area contributed by atoms with E-state index in [4.69, 9.17) is 9.47 Å². The van der Waals surface area contributed by atoms with Gasteiger partial charge in [-0.3, -0.25) is 4.79 Å². The molecule has 1 N–H and O–H groups in total. The zero-order chi connectivity index (χ0) is 17.0. The minimum atomic E-state index is -0.300. The van der Waals surface area contributed by atoms with E-state index in [1.807, 2.05) is 29.2 Å². The summed E-state index contributed by atoms with van der Waals surface area (Å²) in [5.74, 6) is 0.956. The Labute approximate surface area is 143 Å². The van der Waals surface area contributed by atoms with E-state index >= 15 is 0 Å². The average Bonchev–Trinajstić information content (AvgIpc) is 3.02. The molecule has 132 valence electrons. The molecule has 1 amide bonds. The van der Waals surface area contributed by atoms with Crippen LogP contribution in [0.2, 0.25) is 0 Å². The van der Waals surface area contributed by atoms with E-state index in [1.54, 1.807) is 0 Å². The van der Waals surface area contributed by atoms with Gasteiger partial charge < -0.3 is 19.5 Å². The highest BCUT2D eigenvalue weighted by atomic mass is 16.5. The van der Waals surface area contributed by atoms with Gasteiger partial charge in [-0.25, -0.2) is 0 Å². The normalized spacial score (nSPS) is 26.2. The number of carbonyl (C=O) groups is 1. The van der Waals surface area contributed by atoms with Gasteiger partial charge in [-0.2, -0.15) is 0 Å². The van der Waals surface area contributed by atoms with Crippen molar-refractivity contribution in [2.45, 2.75) is 26.2 Å². The quantitative estimate of drug-likeness (QED) is 0.812. The maximum Gasteiger partial charge on any atom is 0.257 e. The minimum absolute atomic E-state index is 0.00989. The summed E-state index contributed by atoms with van der Waals surface area (Å²) in [5, 5.41) is 9.88. The van der Waals surface area contributed by atoms with Crippen LogP contribution in [0.25, 0.3) is 0 Å². The second-order valence-electron chi connectivity index (χ2n) is 6.94. The lowest BCUT2D eigenvalue weighted by Gasteiger charge is -2.36.